The lowest BCUT2D eigenvalue weighted by Crippen LogP contribution is -2.41. The number of carbonyl (C=O) groups is 1. The number of nitrogens with two attached hydrogens (primary N) is 1. The molecule has 8 heteroatoms. The summed E-state index contributed by atoms with van der Waals surface area (Å²) in [6.45, 7) is 3.33. The van der Waals surface area contributed by atoms with E-state index in [0.29, 0.717) is 5.69 Å². The van der Waals surface area contributed by atoms with Crippen LogP contribution in [0.15, 0.2) is 36.8 Å². The molecule has 1 aromatic carbocycles. The molecule has 0 aliphatic rings. The number of alkyl halides is 3. The number of terminal acetylenes is 1. The summed E-state index contributed by atoms with van der Waals surface area (Å²) in [6.07, 6.45) is 3.55. The minimum Gasteiger partial charge on any atom is -0.365 e. The summed E-state index contributed by atoms with van der Waals surface area (Å²) >= 11 is 0. The number of carbonyl (C=O) groups excluding carboxylic acids is 1. The molecule has 25 heavy (non-hydrogen) atoms. The minimum atomic E-state index is -4.46. The lowest BCUT2D eigenvalue weighted by molar-refractivity contribution is -0.137. The molecule has 2 N–H and O–H groups in total. The van der Waals surface area contributed by atoms with Crippen LogP contribution in [0.25, 0.3) is 0 Å². The van der Waals surface area contributed by atoms with Crippen LogP contribution >= 0.6 is 0 Å². The maximum atomic E-state index is 12.8. The average Bonchev–Trinajstić information content (AvgIpc) is 2.55. The number of hydrogen-bond donors (Lipinski definition) is 1. The Hall–Kier alpha value is -3.08. The van der Waals surface area contributed by atoms with Crippen LogP contribution in [0.1, 0.15) is 29.8 Å². The molecule has 0 saturated carbocycles. The quantitative estimate of drug-likeness (QED) is 0.862. The molecule has 0 aliphatic heterocycles. The first-order valence-corrected chi connectivity index (χ1v) is 7.13. The highest BCUT2D eigenvalue weighted by Crippen LogP contribution is 2.36. The molecular formula is C17H15F3N4O. The molecule has 0 atom stereocenters. The van der Waals surface area contributed by atoms with Crippen LogP contribution in [-0.4, -0.2) is 21.4 Å². The van der Waals surface area contributed by atoms with Crippen LogP contribution in [0.3, 0.4) is 0 Å². The van der Waals surface area contributed by atoms with Gasteiger partial charge in [0.05, 0.1) is 5.56 Å². The molecule has 130 valence electrons. The zero-order valence-corrected chi connectivity index (χ0v) is 13.5. The molecule has 2 aromatic rings. The number of nitrogens with zero attached hydrogens (tertiary/aromatic N) is 3. The summed E-state index contributed by atoms with van der Waals surface area (Å²) in [6, 6.07) is 4.38. The second-order valence-corrected chi connectivity index (χ2v) is 5.71. The fourth-order valence-corrected chi connectivity index (χ4v) is 2.25. The molecule has 1 heterocycles. The number of hydrogen-bond acceptors (Lipinski definition) is 4. The minimum absolute atomic E-state index is 0.00530. The molecule has 1 aromatic heterocycles. The van der Waals surface area contributed by atoms with Gasteiger partial charge in [-0.25, -0.2) is 9.97 Å². The van der Waals surface area contributed by atoms with Crippen LogP contribution in [0.4, 0.5) is 24.7 Å². The third-order valence-electron chi connectivity index (χ3n) is 3.53. The smallest absolute Gasteiger partial charge is 0.365 e. The number of aromatic nitrogens is 2. The van der Waals surface area contributed by atoms with Crippen LogP contribution in [-0.2, 0) is 6.18 Å². The highest BCUT2D eigenvalue weighted by molar-refractivity contribution is 5.98. The van der Waals surface area contributed by atoms with E-state index in [4.69, 9.17) is 12.2 Å². The molecule has 0 unspecified atom stereocenters. The van der Waals surface area contributed by atoms with E-state index < -0.39 is 23.2 Å². The Morgan fingerprint density at radius 3 is 2.32 bits per heavy atom. The second kappa shape index (κ2) is 6.43. The van der Waals surface area contributed by atoms with Gasteiger partial charge in [0.1, 0.15) is 17.4 Å². The molecule has 0 aliphatic carbocycles. The number of halogens is 3. The van der Waals surface area contributed by atoms with Gasteiger partial charge in [-0.1, -0.05) is 5.92 Å². The van der Waals surface area contributed by atoms with Gasteiger partial charge in [-0.05, 0) is 38.1 Å². The first kappa shape index (κ1) is 18.3. The zero-order valence-electron chi connectivity index (χ0n) is 13.5. The molecule has 1 amide bonds. The van der Waals surface area contributed by atoms with E-state index in [1.54, 1.807) is 13.8 Å². The van der Waals surface area contributed by atoms with Crippen LogP contribution in [0.5, 0.6) is 0 Å². The lowest BCUT2D eigenvalue weighted by Gasteiger charge is -2.36. The zero-order chi connectivity index (χ0) is 18.8. The molecule has 2 rings (SSSR count). The average molecular weight is 348 g/mol. The van der Waals surface area contributed by atoms with E-state index in [-0.39, 0.29) is 11.4 Å². The molecule has 0 saturated heterocycles. The molecule has 0 spiro atoms. The van der Waals surface area contributed by atoms with E-state index in [0.717, 1.165) is 12.1 Å². The fourth-order valence-electron chi connectivity index (χ4n) is 2.25. The third kappa shape index (κ3) is 3.71. The van der Waals surface area contributed by atoms with Crippen molar-refractivity contribution in [3.8, 4) is 12.3 Å². The number of rotatable bonds is 4. The van der Waals surface area contributed by atoms with E-state index in [9.17, 15) is 18.0 Å². The summed E-state index contributed by atoms with van der Waals surface area (Å²) in [5.74, 6) is 1.88. The van der Waals surface area contributed by atoms with Crippen molar-refractivity contribution < 1.29 is 18.0 Å². The predicted octanol–water partition coefficient (Wildman–Crippen LogP) is 3.14. The normalized spacial score (nSPS) is 11.7. The highest BCUT2D eigenvalue weighted by Gasteiger charge is 2.33. The predicted molar refractivity (Wildman–Crippen MR) is 87.0 cm³/mol. The Morgan fingerprint density at radius 1 is 1.24 bits per heavy atom. The fraction of sp³-hybridized carbons (Fsp3) is 0.235. The van der Waals surface area contributed by atoms with Crippen molar-refractivity contribution in [3.63, 3.8) is 0 Å². The van der Waals surface area contributed by atoms with Crippen molar-refractivity contribution >= 4 is 17.4 Å². The van der Waals surface area contributed by atoms with Crippen molar-refractivity contribution in [1.29, 1.82) is 0 Å². The Bertz CT molecular complexity index is 823. The monoisotopic (exact) mass is 348 g/mol. The Labute approximate surface area is 142 Å². The Kier molecular flexibility index (Phi) is 4.70. The molecule has 0 fully saturated rings. The van der Waals surface area contributed by atoms with E-state index in [1.807, 2.05) is 0 Å². The van der Waals surface area contributed by atoms with Gasteiger partial charge >= 0.3 is 6.18 Å². The standard InChI is InChI=1S/C17H15F3N4O/c1-4-16(2,3)24(15-13(14(21)25)9-22-10-23-15)12-7-5-11(6-8-12)17(18,19)20/h1,5-10H,2-3H3,(H2,21,25). The van der Waals surface area contributed by atoms with Gasteiger partial charge in [-0.3, -0.25) is 4.79 Å². The molecular weight excluding hydrogens is 333 g/mol. The number of amides is 1. The van der Waals surface area contributed by atoms with E-state index >= 15 is 0 Å². The number of anilines is 2. The van der Waals surface area contributed by atoms with Gasteiger partial charge in [-0.15, -0.1) is 6.42 Å². The molecule has 5 nitrogen and oxygen atoms in total. The number of primary amides is 1. The van der Waals surface area contributed by atoms with Gasteiger partial charge in [0, 0.05) is 11.9 Å². The molecule has 0 bridgehead atoms. The van der Waals surface area contributed by atoms with Gasteiger partial charge < -0.3 is 10.6 Å². The number of benzene rings is 1. The van der Waals surface area contributed by atoms with Crippen molar-refractivity contribution in [2.24, 2.45) is 5.73 Å². The first-order valence-electron chi connectivity index (χ1n) is 7.13. The van der Waals surface area contributed by atoms with E-state index in [1.165, 1.54) is 29.6 Å². The summed E-state index contributed by atoms with van der Waals surface area (Å²) in [7, 11) is 0. The summed E-state index contributed by atoms with van der Waals surface area (Å²) < 4.78 is 38.4. The van der Waals surface area contributed by atoms with Crippen molar-refractivity contribution in [3.05, 3.63) is 47.9 Å². The summed E-state index contributed by atoms with van der Waals surface area (Å²) in [5, 5.41) is 0. The topological polar surface area (TPSA) is 72.1 Å². The van der Waals surface area contributed by atoms with Crippen molar-refractivity contribution in [2.45, 2.75) is 25.6 Å². The van der Waals surface area contributed by atoms with Gasteiger partial charge in [-0.2, -0.15) is 13.2 Å². The van der Waals surface area contributed by atoms with Crippen molar-refractivity contribution in [2.75, 3.05) is 4.90 Å². The SMILES string of the molecule is C#CC(C)(C)N(c1ccc(C(F)(F)F)cc1)c1ncncc1C(N)=O. The van der Waals surface area contributed by atoms with Crippen LogP contribution < -0.4 is 10.6 Å². The largest absolute Gasteiger partial charge is 0.416 e. The first-order chi connectivity index (χ1) is 11.6. The van der Waals surface area contributed by atoms with Gasteiger partial charge in [0.15, 0.2) is 5.82 Å². The second-order valence-electron chi connectivity index (χ2n) is 5.71. The summed E-state index contributed by atoms with van der Waals surface area (Å²) in [5.41, 5.74) is 3.89. The van der Waals surface area contributed by atoms with Gasteiger partial charge in [0.2, 0.25) is 0 Å². The third-order valence-corrected chi connectivity index (χ3v) is 3.53. The Morgan fingerprint density at radius 2 is 1.84 bits per heavy atom. The lowest BCUT2D eigenvalue weighted by atomic mass is 10.0. The maximum Gasteiger partial charge on any atom is 0.416 e. The Balaban J connectivity index is 2.64. The van der Waals surface area contributed by atoms with E-state index in [2.05, 4.69) is 15.9 Å². The maximum absolute atomic E-state index is 12.8. The summed E-state index contributed by atoms with van der Waals surface area (Å²) in [4.78, 5) is 21.0. The van der Waals surface area contributed by atoms with Crippen LogP contribution in [0, 0.1) is 12.3 Å². The molecule has 0 radical (unpaired) electrons. The van der Waals surface area contributed by atoms with Gasteiger partial charge in [0.25, 0.3) is 5.91 Å². The van der Waals surface area contributed by atoms with Crippen LogP contribution in [0.2, 0.25) is 0 Å². The van der Waals surface area contributed by atoms with Crippen molar-refractivity contribution in [1.82, 2.24) is 9.97 Å². The highest BCUT2D eigenvalue weighted by atomic mass is 19.4.